The van der Waals surface area contributed by atoms with Gasteiger partial charge >= 0.3 is 7.82 Å². The zero-order valence-electron chi connectivity index (χ0n) is 29.6. The molecule has 2 N–H and O–H groups in total. The lowest BCUT2D eigenvalue weighted by molar-refractivity contribution is -0.126. The molecule has 0 bridgehead atoms. The minimum absolute atomic E-state index is 0.00748. The molecule has 0 saturated carbocycles. The van der Waals surface area contributed by atoms with E-state index in [4.69, 9.17) is 23.7 Å². The number of methoxy groups -OCH3 is 1. The molecule has 1 saturated heterocycles. The molecular formula is C34H43N8O7P. The molecule has 0 aliphatic carbocycles. The van der Waals surface area contributed by atoms with E-state index in [1.165, 1.54) is 42.2 Å². The number of fused-ring (bicyclic) bond motifs is 1. The average Bonchev–Trinajstić information content (AvgIpc) is 3.42. The number of carbonyl (C=O) groups is 2. The first-order valence-corrected chi connectivity index (χ1v) is 17.3. The second-order valence-electron chi connectivity index (χ2n) is 13.4. The molecular weight excluding hydrogens is 663 g/mol. The van der Waals surface area contributed by atoms with Crippen molar-refractivity contribution in [1.82, 2.24) is 19.4 Å². The predicted octanol–water partition coefficient (Wildman–Crippen LogP) is 6.37. The smallest absolute Gasteiger partial charge is 0.477 e. The number of carbonyl (C=O) groups excluding carboxylic acids is 2. The number of likely N-dealkylation sites (tertiary alicyclic amines) is 1. The lowest BCUT2D eigenvalue weighted by Crippen LogP contribution is -2.40. The van der Waals surface area contributed by atoms with Gasteiger partial charge in [-0.3, -0.25) is 33.6 Å². The number of aromatic nitrogens is 3. The fraction of sp³-hybridized carbons (Fsp3) is 0.441. The molecule has 15 nitrogen and oxygen atoms in total. The highest BCUT2D eigenvalue weighted by atomic mass is 31.2. The average molecular weight is 707 g/mol. The van der Waals surface area contributed by atoms with Crippen LogP contribution in [0, 0.1) is 16.7 Å². The monoisotopic (exact) mass is 706 g/mol. The van der Waals surface area contributed by atoms with E-state index in [0.29, 0.717) is 24.1 Å². The van der Waals surface area contributed by atoms with Crippen molar-refractivity contribution in [3.8, 4) is 11.8 Å². The molecule has 16 heteroatoms. The topological polar surface area (TPSA) is 194 Å². The number of hydrogen-bond donors (Lipinski definition) is 2. The molecule has 3 aromatic heterocycles. The van der Waals surface area contributed by atoms with E-state index < -0.39 is 37.4 Å². The van der Waals surface area contributed by atoms with Crippen LogP contribution in [0.3, 0.4) is 0 Å². The van der Waals surface area contributed by atoms with E-state index in [-0.39, 0.29) is 47.0 Å². The number of pyridine rings is 2. The predicted molar refractivity (Wildman–Crippen MR) is 189 cm³/mol. The first-order chi connectivity index (χ1) is 23.4. The van der Waals surface area contributed by atoms with Crippen LogP contribution in [0.25, 0.3) is 16.5 Å². The fourth-order valence-corrected chi connectivity index (χ4v) is 6.98. The fourth-order valence-electron chi connectivity index (χ4n) is 5.23. The number of nitriles is 1. The summed E-state index contributed by atoms with van der Waals surface area (Å²) in [4.78, 5) is 41.9. The van der Waals surface area contributed by atoms with Crippen LogP contribution < -0.4 is 10.1 Å². The van der Waals surface area contributed by atoms with Crippen LogP contribution in [0.1, 0.15) is 77.4 Å². The van der Waals surface area contributed by atoms with E-state index in [9.17, 15) is 19.4 Å². The Morgan fingerprint density at radius 1 is 1.12 bits per heavy atom. The molecule has 0 radical (unpaired) electrons. The van der Waals surface area contributed by atoms with Crippen molar-refractivity contribution in [2.75, 3.05) is 25.5 Å². The highest BCUT2D eigenvalue weighted by molar-refractivity contribution is 7.48. The lowest BCUT2D eigenvalue weighted by Gasteiger charge is -2.31. The van der Waals surface area contributed by atoms with Crippen LogP contribution >= 0.6 is 7.82 Å². The van der Waals surface area contributed by atoms with Gasteiger partial charge < -0.3 is 19.5 Å². The number of ketones is 1. The van der Waals surface area contributed by atoms with Gasteiger partial charge in [-0.15, -0.1) is 0 Å². The second-order valence-corrected chi connectivity index (χ2v) is 15.0. The molecule has 4 rings (SSSR count). The van der Waals surface area contributed by atoms with Crippen molar-refractivity contribution < 1.29 is 32.5 Å². The normalized spacial score (nSPS) is 14.1. The van der Waals surface area contributed by atoms with Crippen molar-refractivity contribution in [3.05, 3.63) is 53.6 Å². The van der Waals surface area contributed by atoms with Crippen LogP contribution in [-0.4, -0.2) is 74.7 Å². The van der Waals surface area contributed by atoms with Gasteiger partial charge in [0.05, 0.1) is 58.6 Å². The van der Waals surface area contributed by atoms with Crippen molar-refractivity contribution in [1.29, 1.82) is 10.7 Å². The van der Waals surface area contributed by atoms with Crippen molar-refractivity contribution in [2.24, 2.45) is 4.99 Å². The molecule has 1 fully saturated rings. The Morgan fingerprint density at radius 3 is 2.32 bits per heavy atom. The van der Waals surface area contributed by atoms with Crippen LogP contribution in [0.4, 0.5) is 5.82 Å². The summed E-state index contributed by atoms with van der Waals surface area (Å²) >= 11 is 0. The van der Waals surface area contributed by atoms with Crippen LogP contribution in [0.5, 0.6) is 5.75 Å². The molecule has 1 aliphatic rings. The molecule has 0 atom stereocenters. The molecule has 50 heavy (non-hydrogen) atoms. The van der Waals surface area contributed by atoms with Crippen LogP contribution in [0.15, 0.2) is 47.4 Å². The number of phosphoric acid groups is 1. The standard InChI is InChI=1S/C34H43N8O7P/c1-22(36)39-20-40-31-29-28(27(46-8)18-38-31)25(19-42(29)21-47-50(45,48-33(2,3)4)49-34(5,6)7)30(43)32(44)41-15-12-23(13-16-41)24(17-35)26-11-9-10-14-37-26/h9-11,14,18-20H,12-13,15-16,21H2,1-8H3,(H2,36,38,39,40). The third-order valence-electron chi connectivity index (χ3n) is 7.15. The van der Waals surface area contributed by atoms with Gasteiger partial charge in [0.15, 0.2) is 5.82 Å². The quantitative estimate of drug-likeness (QED) is 0.0562. The third kappa shape index (κ3) is 9.48. The van der Waals surface area contributed by atoms with E-state index in [0.717, 1.165) is 5.57 Å². The zero-order valence-corrected chi connectivity index (χ0v) is 30.5. The second kappa shape index (κ2) is 15.4. The number of amides is 1. The number of ether oxygens (including phenoxy) is 1. The summed E-state index contributed by atoms with van der Waals surface area (Å²) in [6.07, 6.45) is 6.47. The van der Waals surface area contributed by atoms with Crippen molar-refractivity contribution >= 4 is 54.0 Å². The number of piperidine rings is 1. The van der Waals surface area contributed by atoms with Gasteiger partial charge in [-0.2, -0.15) is 5.26 Å². The summed E-state index contributed by atoms with van der Waals surface area (Å²) in [5.74, 6) is -1.14. The zero-order chi connectivity index (χ0) is 36.9. The largest absolute Gasteiger partial charge is 0.494 e. The summed E-state index contributed by atoms with van der Waals surface area (Å²) in [6, 6.07) is 7.57. The number of nitrogens with zero attached hydrogens (tertiary/aromatic N) is 6. The first kappa shape index (κ1) is 38.1. The summed E-state index contributed by atoms with van der Waals surface area (Å²) in [7, 11) is -2.80. The molecule has 0 unspecified atom stereocenters. The molecule has 0 aromatic carbocycles. The highest BCUT2D eigenvalue weighted by Crippen LogP contribution is 2.56. The van der Waals surface area contributed by atoms with Gasteiger partial charge in [-0.05, 0) is 79.0 Å². The summed E-state index contributed by atoms with van der Waals surface area (Å²) < 4.78 is 38.4. The minimum Gasteiger partial charge on any atom is -0.494 e. The number of anilines is 1. The summed E-state index contributed by atoms with van der Waals surface area (Å²) in [6.45, 7) is 11.8. The van der Waals surface area contributed by atoms with Gasteiger partial charge in [-0.1, -0.05) is 6.07 Å². The molecule has 0 spiro atoms. The molecule has 3 aromatic rings. The van der Waals surface area contributed by atoms with Gasteiger partial charge in [0, 0.05) is 25.5 Å². The molecule has 4 heterocycles. The number of amidine groups is 1. The first-order valence-electron chi connectivity index (χ1n) is 15.9. The maximum Gasteiger partial charge on any atom is 0.477 e. The number of aliphatic imine (C=N–C) groups is 1. The van der Waals surface area contributed by atoms with Crippen LogP contribution in [-0.2, 0) is 29.7 Å². The number of Topliss-reactive ketones (excluding diaryl/α,β-unsaturated/α-hetero) is 1. The van der Waals surface area contributed by atoms with E-state index in [1.807, 2.05) is 0 Å². The van der Waals surface area contributed by atoms with Gasteiger partial charge in [0.25, 0.3) is 11.7 Å². The van der Waals surface area contributed by atoms with E-state index in [1.54, 1.807) is 65.9 Å². The number of nitrogens with one attached hydrogen (secondary N) is 2. The summed E-state index contributed by atoms with van der Waals surface area (Å²) in [5, 5.41) is 20.6. The Balaban J connectivity index is 1.73. The number of phosphoric ester groups is 1. The SMILES string of the molecule is COc1cnc(N/C=N\C(C)=N)c2c1c(C(=O)C(=O)N1CCC(=C(C#N)c3ccccn3)CC1)cn2COP(=O)(OC(C)(C)C)OC(C)(C)C. The Morgan fingerprint density at radius 2 is 1.78 bits per heavy atom. The van der Waals surface area contributed by atoms with E-state index >= 15 is 0 Å². The number of rotatable bonds is 11. The maximum absolute atomic E-state index is 14.0. The summed E-state index contributed by atoms with van der Waals surface area (Å²) in [5.41, 5.74) is 0.349. The Bertz CT molecular complexity index is 1890. The Kier molecular flexibility index (Phi) is 11.8. The van der Waals surface area contributed by atoms with Gasteiger partial charge in [0.1, 0.15) is 24.4 Å². The van der Waals surface area contributed by atoms with E-state index in [2.05, 4.69) is 26.3 Å². The minimum atomic E-state index is -4.21. The highest BCUT2D eigenvalue weighted by Gasteiger charge is 2.38. The van der Waals surface area contributed by atoms with Gasteiger partial charge in [-0.25, -0.2) is 14.5 Å². The molecule has 1 amide bonds. The molecule has 1 aliphatic heterocycles. The molecule has 266 valence electrons. The maximum atomic E-state index is 14.0. The van der Waals surface area contributed by atoms with Crippen LogP contribution in [0.2, 0.25) is 0 Å². The number of allylic oxidation sites excluding steroid dienone is 1. The Hall–Kier alpha value is -4.74. The van der Waals surface area contributed by atoms with Crippen molar-refractivity contribution in [2.45, 2.75) is 79.2 Å². The van der Waals surface area contributed by atoms with Crippen molar-refractivity contribution in [3.63, 3.8) is 0 Å². The Labute approximate surface area is 291 Å². The lowest BCUT2D eigenvalue weighted by atomic mass is 9.95. The number of hydrogen-bond acceptors (Lipinski definition) is 11. The van der Waals surface area contributed by atoms with Gasteiger partial charge in [0.2, 0.25) is 0 Å². The third-order valence-corrected chi connectivity index (χ3v) is 9.12.